The fourth-order valence-electron chi connectivity index (χ4n) is 2.42. The topological polar surface area (TPSA) is 54.0 Å². The van der Waals surface area contributed by atoms with Gasteiger partial charge in [-0.3, -0.25) is 9.78 Å². The summed E-state index contributed by atoms with van der Waals surface area (Å²) in [6.45, 7) is 7.39. The van der Waals surface area contributed by atoms with Crippen LogP contribution in [-0.2, 0) is 0 Å². The quantitative estimate of drug-likeness (QED) is 0.667. The normalized spacial score (nSPS) is 10.7. The molecule has 4 nitrogen and oxygen atoms in total. The van der Waals surface area contributed by atoms with Crippen LogP contribution in [0.2, 0.25) is 0 Å². The van der Waals surface area contributed by atoms with Crippen LogP contribution in [0.5, 0.6) is 0 Å². The van der Waals surface area contributed by atoms with Crippen molar-refractivity contribution in [1.82, 2.24) is 4.98 Å². The Bertz CT molecular complexity index is 650. The molecule has 0 saturated heterocycles. The number of benzene rings is 1. The molecular weight excluding hydrogens is 298 g/mol. The first-order valence-electron chi connectivity index (χ1n) is 8.71. The fourth-order valence-corrected chi connectivity index (χ4v) is 2.42. The lowest BCUT2D eigenvalue weighted by atomic mass is 10.0. The molecule has 1 heterocycles. The van der Waals surface area contributed by atoms with E-state index in [4.69, 9.17) is 0 Å². The van der Waals surface area contributed by atoms with Crippen molar-refractivity contribution < 1.29 is 4.79 Å². The van der Waals surface area contributed by atoms with Gasteiger partial charge in [-0.25, -0.2) is 0 Å². The van der Waals surface area contributed by atoms with Crippen molar-refractivity contribution in [3.8, 4) is 0 Å². The molecule has 24 heavy (non-hydrogen) atoms. The van der Waals surface area contributed by atoms with Crippen molar-refractivity contribution in [2.45, 2.75) is 46.0 Å². The Labute approximate surface area is 144 Å². The van der Waals surface area contributed by atoms with Crippen LogP contribution in [0.4, 0.5) is 11.4 Å². The lowest BCUT2D eigenvalue weighted by molar-refractivity contribution is 0.102. The number of hydrogen-bond acceptors (Lipinski definition) is 3. The molecule has 128 valence electrons. The number of unbranched alkanes of at least 4 members (excludes halogenated alkanes) is 2. The van der Waals surface area contributed by atoms with Gasteiger partial charge in [0, 0.05) is 24.1 Å². The first kappa shape index (κ1) is 18.0. The minimum Gasteiger partial charge on any atom is -0.385 e. The van der Waals surface area contributed by atoms with Crippen LogP contribution in [0, 0.1) is 0 Å². The van der Waals surface area contributed by atoms with Gasteiger partial charge in [-0.15, -0.1) is 0 Å². The van der Waals surface area contributed by atoms with Gasteiger partial charge >= 0.3 is 0 Å². The lowest BCUT2D eigenvalue weighted by Gasteiger charge is -2.09. The summed E-state index contributed by atoms with van der Waals surface area (Å²) in [7, 11) is 0. The van der Waals surface area contributed by atoms with Crippen LogP contribution < -0.4 is 10.6 Å². The van der Waals surface area contributed by atoms with Gasteiger partial charge in [-0.05, 0) is 42.2 Å². The molecule has 0 aliphatic heterocycles. The Morgan fingerprint density at radius 1 is 1.08 bits per heavy atom. The zero-order valence-corrected chi connectivity index (χ0v) is 14.8. The Morgan fingerprint density at radius 3 is 2.50 bits per heavy atom. The van der Waals surface area contributed by atoms with Crippen LogP contribution in [0.3, 0.4) is 0 Å². The van der Waals surface area contributed by atoms with Crippen molar-refractivity contribution >= 4 is 17.3 Å². The average molecular weight is 325 g/mol. The summed E-state index contributed by atoms with van der Waals surface area (Å²) in [6.07, 6.45) is 5.20. The van der Waals surface area contributed by atoms with Crippen molar-refractivity contribution in [1.29, 1.82) is 0 Å². The lowest BCUT2D eigenvalue weighted by Crippen LogP contribution is -2.14. The molecular formula is C20H27N3O. The molecule has 0 saturated carbocycles. The van der Waals surface area contributed by atoms with Gasteiger partial charge in [-0.2, -0.15) is 0 Å². The molecule has 1 aromatic carbocycles. The van der Waals surface area contributed by atoms with Crippen LogP contribution >= 0.6 is 0 Å². The second kappa shape index (κ2) is 9.06. The number of amides is 1. The standard InChI is InChI=1S/C20H27N3O/c1-4-5-6-12-21-18-11-13-22-19(14-18)20(24)23-17-9-7-16(8-10-17)15(2)3/h7-11,13-15H,4-6,12H2,1-3H3,(H,21,22)(H,23,24). The Balaban J connectivity index is 1.96. The molecule has 0 aliphatic carbocycles. The molecule has 1 amide bonds. The number of carbonyl (C=O) groups is 1. The van der Waals surface area contributed by atoms with E-state index < -0.39 is 0 Å². The summed E-state index contributed by atoms with van der Waals surface area (Å²) in [5.74, 6) is 0.288. The van der Waals surface area contributed by atoms with Gasteiger partial charge in [0.2, 0.25) is 0 Å². The van der Waals surface area contributed by atoms with Gasteiger partial charge in [0.1, 0.15) is 5.69 Å². The van der Waals surface area contributed by atoms with E-state index in [0.29, 0.717) is 11.6 Å². The van der Waals surface area contributed by atoms with E-state index in [1.165, 1.54) is 18.4 Å². The van der Waals surface area contributed by atoms with Crippen molar-refractivity contribution in [3.05, 3.63) is 53.9 Å². The monoisotopic (exact) mass is 325 g/mol. The molecule has 0 radical (unpaired) electrons. The summed E-state index contributed by atoms with van der Waals surface area (Å²) < 4.78 is 0. The highest BCUT2D eigenvalue weighted by molar-refractivity contribution is 6.03. The third kappa shape index (κ3) is 5.37. The molecule has 0 aliphatic rings. The van der Waals surface area contributed by atoms with E-state index in [1.54, 1.807) is 12.3 Å². The first-order chi connectivity index (χ1) is 11.6. The van der Waals surface area contributed by atoms with E-state index in [2.05, 4.69) is 36.4 Å². The predicted molar refractivity (Wildman–Crippen MR) is 101 cm³/mol. The third-order valence-corrected chi connectivity index (χ3v) is 3.94. The van der Waals surface area contributed by atoms with Crippen LogP contribution in [0.1, 0.15) is 62.0 Å². The Kier molecular flexibility index (Phi) is 6.79. The highest BCUT2D eigenvalue weighted by atomic mass is 16.1. The van der Waals surface area contributed by atoms with E-state index in [9.17, 15) is 4.79 Å². The smallest absolute Gasteiger partial charge is 0.274 e. The highest BCUT2D eigenvalue weighted by Crippen LogP contribution is 2.18. The molecule has 1 aromatic heterocycles. The molecule has 4 heteroatoms. The van der Waals surface area contributed by atoms with Gasteiger partial charge in [0.25, 0.3) is 5.91 Å². The average Bonchev–Trinajstić information content (AvgIpc) is 2.59. The zero-order valence-electron chi connectivity index (χ0n) is 14.8. The maximum Gasteiger partial charge on any atom is 0.274 e. The maximum absolute atomic E-state index is 12.4. The largest absolute Gasteiger partial charge is 0.385 e. The number of aromatic nitrogens is 1. The van der Waals surface area contributed by atoms with E-state index >= 15 is 0 Å². The van der Waals surface area contributed by atoms with E-state index in [-0.39, 0.29) is 5.91 Å². The SMILES string of the molecule is CCCCCNc1ccnc(C(=O)Nc2ccc(C(C)C)cc2)c1. The molecule has 0 bridgehead atoms. The minimum atomic E-state index is -0.190. The van der Waals surface area contributed by atoms with Crippen LogP contribution in [0.25, 0.3) is 0 Å². The van der Waals surface area contributed by atoms with E-state index in [1.807, 2.05) is 30.3 Å². The molecule has 0 fully saturated rings. The second-order valence-electron chi connectivity index (χ2n) is 6.29. The number of nitrogens with zero attached hydrogens (tertiary/aromatic N) is 1. The number of nitrogens with one attached hydrogen (secondary N) is 2. The van der Waals surface area contributed by atoms with Crippen molar-refractivity contribution in [3.63, 3.8) is 0 Å². The van der Waals surface area contributed by atoms with Crippen LogP contribution in [0.15, 0.2) is 42.6 Å². The number of anilines is 2. The van der Waals surface area contributed by atoms with Gasteiger partial charge < -0.3 is 10.6 Å². The summed E-state index contributed by atoms with van der Waals surface area (Å²) in [4.78, 5) is 16.5. The van der Waals surface area contributed by atoms with Gasteiger partial charge in [0.15, 0.2) is 0 Å². The van der Waals surface area contributed by atoms with Crippen molar-refractivity contribution in [2.75, 3.05) is 17.2 Å². The molecule has 2 rings (SSSR count). The molecule has 2 aromatic rings. The highest BCUT2D eigenvalue weighted by Gasteiger charge is 2.09. The summed E-state index contributed by atoms with van der Waals surface area (Å²) in [5, 5.41) is 6.24. The predicted octanol–water partition coefficient (Wildman–Crippen LogP) is 5.06. The number of rotatable bonds is 8. The molecule has 0 spiro atoms. The zero-order chi connectivity index (χ0) is 17.4. The number of carbonyl (C=O) groups excluding carboxylic acids is 1. The number of pyridine rings is 1. The summed E-state index contributed by atoms with van der Waals surface area (Å²) in [6, 6.07) is 11.6. The summed E-state index contributed by atoms with van der Waals surface area (Å²) >= 11 is 0. The maximum atomic E-state index is 12.4. The fraction of sp³-hybridized carbons (Fsp3) is 0.400. The number of hydrogen-bond donors (Lipinski definition) is 2. The second-order valence-corrected chi connectivity index (χ2v) is 6.29. The molecule has 2 N–H and O–H groups in total. The van der Waals surface area contributed by atoms with Gasteiger partial charge in [-0.1, -0.05) is 45.7 Å². The van der Waals surface area contributed by atoms with Crippen LogP contribution in [-0.4, -0.2) is 17.4 Å². The molecule has 0 atom stereocenters. The minimum absolute atomic E-state index is 0.190. The third-order valence-electron chi connectivity index (χ3n) is 3.94. The van der Waals surface area contributed by atoms with Gasteiger partial charge in [0.05, 0.1) is 0 Å². The Morgan fingerprint density at radius 2 is 1.83 bits per heavy atom. The summed E-state index contributed by atoms with van der Waals surface area (Å²) in [5.41, 5.74) is 3.39. The Hall–Kier alpha value is -2.36. The molecule has 0 unspecified atom stereocenters. The van der Waals surface area contributed by atoms with Crippen molar-refractivity contribution in [2.24, 2.45) is 0 Å². The van der Waals surface area contributed by atoms with E-state index in [0.717, 1.165) is 24.3 Å². The first-order valence-corrected chi connectivity index (χ1v) is 8.71.